The predicted octanol–water partition coefficient (Wildman–Crippen LogP) is 4.49. The van der Waals surface area contributed by atoms with Crippen LogP contribution in [0.1, 0.15) is 44.2 Å². The van der Waals surface area contributed by atoms with E-state index in [9.17, 15) is 0 Å². The van der Waals surface area contributed by atoms with Gasteiger partial charge in [-0.25, -0.2) is 0 Å². The van der Waals surface area contributed by atoms with E-state index in [1.165, 1.54) is 31.2 Å². The number of halogens is 1. The quantitative estimate of drug-likeness (QED) is 0.758. The number of benzene rings is 1. The molecule has 92 valence electrons. The van der Waals surface area contributed by atoms with Crippen LogP contribution in [-0.2, 0) is 0 Å². The smallest absolute Gasteiger partial charge is 0.0409 e. The van der Waals surface area contributed by atoms with Gasteiger partial charge in [0.25, 0.3) is 0 Å². The Hall–Kier alpha value is -0.790. The summed E-state index contributed by atoms with van der Waals surface area (Å²) in [5.74, 6) is 0. The van der Waals surface area contributed by atoms with Crippen LogP contribution in [-0.4, -0.2) is 6.54 Å². The van der Waals surface area contributed by atoms with Crippen molar-refractivity contribution in [2.75, 3.05) is 6.54 Å². The van der Waals surface area contributed by atoms with E-state index in [4.69, 9.17) is 11.6 Å². The molecule has 0 bridgehead atoms. The van der Waals surface area contributed by atoms with Crippen LogP contribution in [0.4, 0.5) is 0 Å². The highest BCUT2D eigenvalue weighted by molar-refractivity contribution is 6.30. The lowest BCUT2D eigenvalue weighted by atomic mass is 10.1. The fraction of sp³-hybridized carbons (Fsp3) is 0.467. The van der Waals surface area contributed by atoms with E-state index < -0.39 is 0 Å². The van der Waals surface area contributed by atoms with Gasteiger partial charge < -0.3 is 5.32 Å². The summed E-state index contributed by atoms with van der Waals surface area (Å²) < 4.78 is 0. The van der Waals surface area contributed by atoms with Crippen LogP contribution in [0.3, 0.4) is 0 Å². The second-order valence-corrected chi connectivity index (χ2v) is 5.17. The highest BCUT2D eigenvalue weighted by atomic mass is 35.5. The molecule has 0 fully saturated rings. The Kier molecular flexibility index (Phi) is 4.64. The monoisotopic (exact) mass is 249 g/mol. The van der Waals surface area contributed by atoms with Gasteiger partial charge in [0, 0.05) is 11.1 Å². The summed E-state index contributed by atoms with van der Waals surface area (Å²) >= 11 is 5.99. The zero-order valence-electron chi connectivity index (χ0n) is 10.4. The largest absolute Gasteiger partial charge is 0.310 e. The number of allylic oxidation sites excluding steroid dienone is 1. The molecular weight excluding hydrogens is 230 g/mol. The van der Waals surface area contributed by atoms with Crippen molar-refractivity contribution in [2.24, 2.45) is 0 Å². The van der Waals surface area contributed by atoms with Crippen molar-refractivity contribution in [3.63, 3.8) is 0 Å². The van der Waals surface area contributed by atoms with E-state index in [0.29, 0.717) is 6.04 Å². The SMILES string of the molecule is CC(NCCC1=CCCC1)c1cccc(Cl)c1. The van der Waals surface area contributed by atoms with Gasteiger partial charge in [-0.05, 0) is 56.8 Å². The van der Waals surface area contributed by atoms with Gasteiger partial charge in [0.1, 0.15) is 0 Å². The van der Waals surface area contributed by atoms with Crippen molar-refractivity contribution in [2.45, 2.75) is 38.6 Å². The summed E-state index contributed by atoms with van der Waals surface area (Å²) in [6.07, 6.45) is 7.50. The first kappa shape index (κ1) is 12.7. The minimum Gasteiger partial charge on any atom is -0.310 e. The molecular formula is C15H20ClN. The minimum atomic E-state index is 0.371. The van der Waals surface area contributed by atoms with Crippen molar-refractivity contribution in [3.05, 3.63) is 46.5 Å². The third kappa shape index (κ3) is 3.86. The summed E-state index contributed by atoms with van der Waals surface area (Å²) in [7, 11) is 0. The highest BCUT2D eigenvalue weighted by Crippen LogP contribution is 2.21. The Morgan fingerprint density at radius 3 is 3.00 bits per heavy atom. The van der Waals surface area contributed by atoms with Crippen molar-refractivity contribution in [1.29, 1.82) is 0 Å². The van der Waals surface area contributed by atoms with Crippen LogP contribution in [0.5, 0.6) is 0 Å². The first-order valence-corrected chi connectivity index (χ1v) is 6.80. The van der Waals surface area contributed by atoms with Crippen molar-refractivity contribution >= 4 is 11.6 Å². The maximum Gasteiger partial charge on any atom is 0.0409 e. The lowest BCUT2D eigenvalue weighted by Gasteiger charge is -2.14. The lowest BCUT2D eigenvalue weighted by Crippen LogP contribution is -2.20. The highest BCUT2D eigenvalue weighted by Gasteiger charge is 2.07. The Balaban J connectivity index is 1.78. The van der Waals surface area contributed by atoms with Gasteiger partial charge in [-0.2, -0.15) is 0 Å². The number of hydrogen-bond acceptors (Lipinski definition) is 1. The van der Waals surface area contributed by atoms with Crippen molar-refractivity contribution in [3.8, 4) is 0 Å². The molecule has 1 N–H and O–H groups in total. The molecule has 0 spiro atoms. The molecule has 0 aliphatic heterocycles. The van der Waals surface area contributed by atoms with Crippen LogP contribution in [0.25, 0.3) is 0 Å². The second kappa shape index (κ2) is 6.23. The molecule has 1 aliphatic carbocycles. The Morgan fingerprint density at radius 1 is 1.41 bits per heavy atom. The zero-order valence-corrected chi connectivity index (χ0v) is 11.1. The average Bonchev–Trinajstić information content (AvgIpc) is 2.82. The predicted molar refractivity (Wildman–Crippen MR) is 74.4 cm³/mol. The summed E-state index contributed by atoms with van der Waals surface area (Å²) in [5.41, 5.74) is 2.88. The molecule has 0 saturated heterocycles. The summed E-state index contributed by atoms with van der Waals surface area (Å²) in [6, 6.07) is 8.46. The number of hydrogen-bond donors (Lipinski definition) is 1. The van der Waals surface area contributed by atoms with Crippen LogP contribution in [0.15, 0.2) is 35.9 Å². The molecule has 1 aromatic rings. The van der Waals surface area contributed by atoms with Gasteiger partial charge in [0.15, 0.2) is 0 Å². The third-order valence-corrected chi connectivity index (χ3v) is 3.62. The first-order valence-electron chi connectivity index (χ1n) is 6.42. The van der Waals surface area contributed by atoms with E-state index >= 15 is 0 Å². The maximum atomic E-state index is 5.99. The molecule has 2 heteroatoms. The van der Waals surface area contributed by atoms with Crippen LogP contribution in [0, 0.1) is 0 Å². The van der Waals surface area contributed by atoms with Crippen molar-refractivity contribution < 1.29 is 0 Å². The normalized spacial score (nSPS) is 16.9. The molecule has 1 aromatic carbocycles. The van der Waals surface area contributed by atoms with Gasteiger partial charge in [-0.15, -0.1) is 0 Å². The summed E-state index contributed by atoms with van der Waals surface area (Å²) in [5, 5.41) is 4.37. The fourth-order valence-corrected chi connectivity index (χ4v) is 2.51. The number of nitrogens with one attached hydrogen (secondary N) is 1. The van der Waals surface area contributed by atoms with E-state index in [-0.39, 0.29) is 0 Å². The molecule has 1 nitrogen and oxygen atoms in total. The third-order valence-electron chi connectivity index (χ3n) is 3.38. The summed E-state index contributed by atoms with van der Waals surface area (Å²) in [4.78, 5) is 0. The molecule has 1 aliphatic rings. The van der Waals surface area contributed by atoms with Crippen molar-refractivity contribution in [1.82, 2.24) is 5.32 Å². The van der Waals surface area contributed by atoms with Crippen LogP contribution in [0.2, 0.25) is 5.02 Å². The second-order valence-electron chi connectivity index (χ2n) is 4.74. The molecule has 1 atom stereocenters. The zero-order chi connectivity index (χ0) is 12.1. The Bertz CT molecular complexity index is 398. The van der Waals surface area contributed by atoms with Gasteiger partial charge in [-0.1, -0.05) is 35.4 Å². The average molecular weight is 250 g/mol. The lowest BCUT2D eigenvalue weighted by molar-refractivity contribution is 0.573. The van der Waals surface area contributed by atoms with Gasteiger partial charge >= 0.3 is 0 Å². The minimum absolute atomic E-state index is 0.371. The molecule has 0 radical (unpaired) electrons. The van der Waals surface area contributed by atoms with Crippen LogP contribution >= 0.6 is 11.6 Å². The van der Waals surface area contributed by atoms with E-state index in [1.807, 2.05) is 18.2 Å². The van der Waals surface area contributed by atoms with Gasteiger partial charge in [0.2, 0.25) is 0 Å². The Labute approximate surface area is 109 Å². The molecule has 1 unspecified atom stereocenters. The van der Waals surface area contributed by atoms with E-state index in [1.54, 1.807) is 5.57 Å². The van der Waals surface area contributed by atoms with E-state index in [2.05, 4.69) is 24.4 Å². The number of rotatable bonds is 5. The molecule has 0 amide bonds. The fourth-order valence-electron chi connectivity index (χ4n) is 2.31. The molecule has 0 saturated carbocycles. The maximum absolute atomic E-state index is 5.99. The Morgan fingerprint density at radius 2 is 2.29 bits per heavy atom. The first-order chi connectivity index (χ1) is 8.25. The standard InChI is InChI=1S/C15H20ClN/c1-12(14-7-4-8-15(16)11-14)17-10-9-13-5-2-3-6-13/h4-5,7-8,11-12,17H,2-3,6,9-10H2,1H3. The van der Waals surface area contributed by atoms with Gasteiger partial charge in [0.05, 0.1) is 0 Å². The molecule has 17 heavy (non-hydrogen) atoms. The molecule has 0 aromatic heterocycles. The van der Waals surface area contributed by atoms with E-state index in [0.717, 1.165) is 11.6 Å². The van der Waals surface area contributed by atoms with Crippen LogP contribution < -0.4 is 5.32 Å². The van der Waals surface area contributed by atoms with Gasteiger partial charge in [-0.3, -0.25) is 0 Å². The summed E-state index contributed by atoms with van der Waals surface area (Å²) in [6.45, 7) is 3.24. The molecule has 0 heterocycles. The topological polar surface area (TPSA) is 12.0 Å². The molecule has 2 rings (SSSR count).